The second-order valence-corrected chi connectivity index (χ2v) is 5.65. The van der Waals surface area contributed by atoms with E-state index in [4.69, 9.17) is 18.9 Å². The lowest BCUT2D eigenvalue weighted by atomic mass is 10.2. The number of hydrogen-bond acceptors (Lipinski definition) is 5. The first-order valence-corrected chi connectivity index (χ1v) is 8.51. The summed E-state index contributed by atoms with van der Waals surface area (Å²) in [6.07, 6.45) is 0. The Morgan fingerprint density at radius 3 is 2.11 bits per heavy atom. The number of ether oxygens (including phenoxy) is 4. The minimum atomic E-state index is 0.568. The molecule has 0 bridgehead atoms. The van der Waals surface area contributed by atoms with Crippen molar-refractivity contribution in [1.82, 2.24) is 10.6 Å². The molecular formula is C20H27N3O4. The van der Waals surface area contributed by atoms with Gasteiger partial charge in [-0.2, -0.15) is 0 Å². The molecule has 0 amide bonds. The summed E-state index contributed by atoms with van der Waals surface area (Å²) in [5.41, 5.74) is 2.06. The predicted octanol–water partition coefficient (Wildman–Crippen LogP) is 2.59. The van der Waals surface area contributed by atoms with Gasteiger partial charge in [-0.3, -0.25) is 4.99 Å². The molecule has 7 heteroatoms. The SMILES string of the molecule is CN=C(NCc1ccc(OC)c(OC)c1)NCc1ccc(OC)cc1OC. The third-order valence-electron chi connectivity index (χ3n) is 4.07. The monoisotopic (exact) mass is 373 g/mol. The molecule has 0 fully saturated rings. The molecule has 2 aromatic carbocycles. The Balaban J connectivity index is 1.97. The number of nitrogens with zero attached hydrogens (tertiary/aromatic N) is 1. The zero-order valence-electron chi connectivity index (χ0n) is 16.5. The fourth-order valence-corrected chi connectivity index (χ4v) is 2.57. The summed E-state index contributed by atoms with van der Waals surface area (Å²) in [6, 6.07) is 11.5. The first-order valence-electron chi connectivity index (χ1n) is 8.51. The molecule has 0 saturated carbocycles. The quantitative estimate of drug-likeness (QED) is 0.547. The molecule has 0 unspecified atom stereocenters. The number of methoxy groups -OCH3 is 4. The Bertz CT molecular complexity index is 778. The Morgan fingerprint density at radius 1 is 0.778 bits per heavy atom. The molecule has 2 N–H and O–H groups in total. The molecule has 0 aromatic heterocycles. The molecule has 0 aliphatic rings. The number of benzene rings is 2. The van der Waals surface area contributed by atoms with Crippen LogP contribution < -0.4 is 29.6 Å². The molecule has 0 aliphatic heterocycles. The highest BCUT2D eigenvalue weighted by molar-refractivity contribution is 5.79. The van der Waals surface area contributed by atoms with Gasteiger partial charge in [0.25, 0.3) is 0 Å². The van der Waals surface area contributed by atoms with E-state index >= 15 is 0 Å². The molecule has 0 heterocycles. The van der Waals surface area contributed by atoms with E-state index in [9.17, 15) is 0 Å². The Kier molecular flexibility index (Phi) is 7.61. The second-order valence-electron chi connectivity index (χ2n) is 5.65. The van der Waals surface area contributed by atoms with Crippen LogP contribution in [0, 0.1) is 0 Å². The van der Waals surface area contributed by atoms with Gasteiger partial charge in [-0.25, -0.2) is 0 Å². The van der Waals surface area contributed by atoms with Gasteiger partial charge in [-0.1, -0.05) is 6.07 Å². The molecule has 27 heavy (non-hydrogen) atoms. The van der Waals surface area contributed by atoms with Crippen molar-refractivity contribution in [2.75, 3.05) is 35.5 Å². The molecule has 0 spiro atoms. The highest BCUT2D eigenvalue weighted by Gasteiger charge is 2.08. The zero-order chi connectivity index (χ0) is 19.6. The predicted molar refractivity (Wildman–Crippen MR) is 106 cm³/mol. The minimum Gasteiger partial charge on any atom is -0.497 e. The molecule has 2 rings (SSSR count). The highest BCUT2D eigenvalue weighted by atomic mass is 16.5. The van der Waals surface area contributed by atoms with Crippen LogP contribution in [0.2, 0.25) is 0 Å². The minimum absolute atomic E-state index is 0.568. The lowest BCUT2D eigenvalue weighted by Crippen LogP contribution is -2.36. The van der Waals surface area contributed by atoms with E-state index in [1.165, 1.54) is 0 Å². The number of guanidine groups is 1. The van der Waals surface area contributed by atoms with Crippen LogP contribution in [-0.2, 0) is 13.1 Å². The number of nitrogens with one attached hydrogen (secondary N) is 2. The summed E-state index contributed by atoms with van der Waals surface area (Å²) in [6.45, 7) is 1.17. The average molecular weight is 373 g/mol. The maximum absolute atomic E-state index is 5.42. The van der Waals surface area contributed by atoms with Gasteiger partial charge in [0.15, 0.2) is 17.5 Å². The van der Waals surface area contributed by atoms with Crippen LogP contribution in [0.1, 0.15) is 11.1 Å². The molecule has 2 aromatic rings. The van der Waals surface area contributed by atoms with Gasteiger partial charge in [-0.15, -0.1) is 0 Å². The van der Waals surface area contributed by atoms with E-state index in [1.54, 1.807) is 35.5 Å². The van der Waals surface area contributed by atoms with Crippen molar-refractivity contribution in [2.24, 2.45) is 4.99 Å². The maximum atomic E-state index is 5.42. The Hall–Kier alpha value is -3.09. The van der Waals surface area contributed by atoms with E-state index in [2.05, 4.69) is 15.6 Å². The highest BCUT2D eigenvalue weighted by Crippen LogP contribution is 2.27. The molecule has 0 radical (unpaired) electrons. The third kappa shape index (κ3) is 5.44. The van der Waals surface area contributed by atoms with Gasteiger partial charge >= 0.3 is 0 Å². The van der Waals surface area contributed by atoms with Crippen molar-refractivity contribution in [3.8, 4) is 23.0 Å². The summed E-state index contributed by atoms with van der Waals surface area (Å²) in [5.74, 6) is 3.60. The van der Waals surface area contributed by atoms with Crippen LogP contribution in [0.25, 0.3) is 0 Å². The van der Waals surface area contributed by atoms with E-state index in [1.807, 2.05) is 36.4 Å². The third-order valence-corrected chi connectivity index (χ3v) is 4.07. The van der Waals surface area contributed by atoms with Crippen molar-refractivity contribution in [3.63, 3.8) is 0 Å². The lowest BCUT2D eigenvalue weighted by Gasteiger charge is -2.15. The maximum Gasteiger partial charge on any atom is 0.191 e. The number of hydrogen-bond donors (Lipinski definition) is 2. The lowest BCUT2D eigenvalue weighted by molar-refractivity contribution is 0.354. The number of aliphatic imine (C=N–C) groups is 1. The summed E-state index contributed by atoms with van der Waals surface area (Å²) < 4.78 is 21.2. The Morgan fingerprint density at radius 2 is 1.48 bits per heavy atom. The van der Waals surface area contributed by atoms with Crippen LogP contribution in [-0.4, -0.2) is 41.4 Å². The van der Waals surface area contributed by atoms with Gasteiger partial charge in [0.05, 0.1) is 28.4 Å². The van der Waals surface area contributed by atoms with Crippen molar-refractivity contribution in [2.45, 2.75) is 13.1 Å². The zero-order valence-corrected chi connectivity index (χ0v) is 16.5. The first-order chi connectivity index (χ1) is 13.1. The number of rotatable bonds is 8. The van der Waals surface area contributed by atoms with Crippen molar-refractivity contribution >= 4 is 5.96 Å². The molecular weight excluding hydrogens is 346 g/mol. The van der Waals surface area contributed by atoms with Crippen LogP contribution in [0.15, 0.2) is 41.4 Å². The Labute approximate surface area is 160 Å². The van der Waals surface area contributed by atoms with Gasteiger partial charge in [0.1, 0.15) is 11.5 Å². The van der Waals surface area contributed by atoms with Gasteiger partial charge < -0.3 is 29.6 Å². The van der Waals surface area contributed by atoms with Crippen LogP contribution in [0.4, 0.5) is 0 Å². The molecule has 0 atom stereocenters. The second kappa shape index (κ2) is 10.2. The smallest absolute Gasteiger partial charge is 0.191 e. The largest absolute Gasteiger partial charge is 0.497 e. The van der Waals surface area contributed by atoms with Gasteiger partial charge in [0, 0.05) is 31.8 Å². The van der Waals surface area contributed by atoms with Gasteiger partial charge in [0.2, 0.25) is 0 Å². The van der Waals surface area contributed by atoms with Crippen molar-refractivity contribution in [3.05, 3.63) is 47.5 Å². The van der Waals surface area contributed by atoms with Crippen LogP contribution in [0.5, 0.6) is 23.0 Å². The summed E-state index contributed by atoms with van der Waals surface area (Å²) in [7, 11) is 8.25. The molecule has 0 saturated heterocycles. The van der Waals surface area contributed by atoms with Gasteiger partial charge in [-0.05, 0) is 29.8 Å². The summed E-state index contributed by atoms with van der Waals surface area (Å²) in [4.78, 5) is 4.26. The van der Waals surface area contributed by atoms with E-state index in [0.29, 0.717) is 30.5 Å². The van der Waals surface area contributed by atoms with Crippen LogP contribution >= 0.6 is 0 Å². The average Bonchev–Trinajstić information content (AvgIpc) is 2.73. The van der Waals surface area contributed by atoms with E-state index < -0.39 is 0 Å². The summed E-state index contributed by atoms with van der Waals surface area (Å²) >= 11 is 0. The first kappa shape index (κ1) is 20.2. The van der Waals surface area contributed by atoms with Crippen molar-refractivity contribution in [1.29, 1.82) is 0 Å². The van der Waals surface area contributed by atoms with Crippen molar-refractivity contribution < 1.29 is 18.9 Å². The molecule has 146 valence electrons. The fourth-order valence-electron chi connectivity index (χ4n) is 2.57. The molecule has 0 aliphatic carbocycles. The standard InChI is InChI=1S/C20H27N3O4/c1-21-20(22-12-14-6-9-17(25-3)19(10-14)27-5)23-13-15-7-8-16(24-2)11-18(15)26-4/h6-11H,12-13H2,1-5H3,(H2,21,22,23). The normalized spacial score (nSPS) is 10.9. The topological polar surface area (TPSA) is 73.3 Å². The summed E-state index contributed by atoms with van der Waals surface area (Å²) in [5, 5.41) is 6.56. The fraction of sp³-hybridized carbons (Fsp3) is 0.350. The van der Waals surface area contributed by atoms with Crippen LogP contribution in [0.3, 0.4) is 0 Å². The van der Waals surface area contributed by atoms with E-state index in [-0.39, 0.29) is 0 Å². The molecule has 7 nitrogen and oxygen atoms in total. The van der Waals surface area contributed by atoms with E-state index in [0.717, 1.165) is 22.6 Å².